The number of nitrogens with one attached hydrogen (secondary N) is 2. The molecule has 6 nitrogen and oxygen atoms in total. The van der Waals surface area contributed by atoms with E-state index in [1.54, 1.807) is 0 Å². The molecule has 0 unspecified atom stereocenters. The monoisotopic (exact) mass is 494 g/mol. The number of rotatable bonds is 2. The van der Waals surface area contributed by atoms with Gasteiger partial charge >= 0.3 is 27.3 Å². The summed E-state index contributed by atoms with van der Waals surface area (Å²) in [6.45, 7) is 8.04. The number of nitrogens with zero attached hydrogens (tertiary/aromatic N) is 4. The molecule has 11 heteroatoms. The topological polar surface area (TPSA) is 37.0 Å². The van der Waals surface area contributed by atoms with Crippen molar-refractivity contribution in [1.82, 2.24) is 30.7 Å². The molecule has 0 bridgehead atoms. The van der Waals surface area contributed by atoms with E-state index in [1.165, 1.54) is 0 Å². The van der Waals surface area contributed by atoms with Crippen LogP contribution in [0.15, 0.2) is 0 Å². The van der Waals surface area contributed by atoms with Crippen LogP contribution >= 0.6 is 24.4 Å². The maximum Gasteiger partial charge on any atom is 2.00 e. The van der Waals surface area contributed by atoms with Crippen LogP contribution in [0.1, 0.15) is 0 Å². The molecule has 0 spiro atoms. The zero-order valence-electron chi connectivity index (χ0n) is 13.8. The maximum atomic E-state index is 4.88. The Bertz CT molecular complexity index is 329. The first-order chi connectivity index (χ1) is 10.4. The van der Waals surface area contributed by atoms with Crippen molar-refractivity contribution < 1.29 is 27.3 Å². The van der Waals surface area contributed by atoms with E-state index in [4.69, 9.17) is 49.7 Å². The zero-order chi connectivity index (χ0) is 16.5. The minimum Gasteiger partial charge on any atom is -0.410 e. The number of hydrogen-bond acceptors (Lipinski definition) is 8. The molecule has 2 fully saturated rings. The number of hydrogen-bond donors (Lipinski definition) is 2. The molecule has 0 radical (unpaired) electrons. The number of piperazine rings is 2. The largest absolute Gasteiger partial charge is 2.00 e. The summed E-state index contributed by atoms with van der Waals surface area (Å²) < 4.78 is 1.04. The summed E-state index contributed by atoms with van der Waals surface area (Å²) in [6, 6.07) is 0. The van der Waals surface area contributed by atoms with Gasteiger partial charge in [0.2, 0.25) is 0 Å². The van der Waals surface area contributed by atoms with Crippen molar-refractivity contribution in [2.24, 2.45) is 0 Å². The van der Waals surface area contributed by atoms with Crippen LogP contribution in [0.2, 0.25) is 0 Å². The molecule has 23 heavy (non-hydrogen) atoms. The first-order valence-corrected chi connectivity index (χ1v) is 8.87. The van der Waals surface area contributed by atoms with E-state index in [9.17, 15) is 0 Å². The SMILES string of the molecule is CN(C(=S)[S-])N1CCNCC1.CN(C(=S)[S-])N1CCNCC1.[Cd+2]. The minimum absolute atomic E-state index is 0. The third kappa shape index (κ3) is 9.30. The van der Waals surface area contributed by atoms with Gasteiger partial charge in [0.05, 0.1) is 0 Å². The van der Waals surface area contributed by atoms with Crippen molar-refractivity contribution in [1.29, 1.82) is 0 Å². The molecule has 2 aliphatic rings. The quantitative estimate of drug-likeness (QED) is 0.289. The predicted molar refractivity (Wildman–Crippen MR) is 104 cm³/mol. The Kier molecular flexibility index (Phi) is 13.8. The Labute approximate surface area is 181 Å². The molecule has 0 aromatic carbocycles. The smallest absolute Gasteiger partial charge is 0.410 e. The van der Waals surface area contributed by atoms with Gasteiger partial charge in [-0.1, -0.05) is 0 Å². The Hall–Kier alpha value is 0.982. The molecule has 128 valence electrons. The fourth-order valence-electron chi connectivity index (χ4n) is 2.14. The Morgan fingerprint density at radius 2 is 1.04 bits per heavy atom. The van der Waals surface area contributed by atoms with Gasteiger partial charge in [0.25, 0.3) is 0 Å². The molecule has 2 rings (SSSR count). The van der Waals surface area contributed by atoms with Gasteiger partial charge in [-0.2, -0.15) is 0 Å². The molecule has 0 saturated carbocycles. The summed E-state index contributed by atoms with van der Waals surface area (Å²) in [7, 11) is 3.83. The van der Waals surface area contributed by atoms with Crippen LogP contribution in [0.4, 0.5) is 0 Å². The van der Waals surface area contributed by atoms with Crippen molar-refractivity contribution in [3.63, 3.8) is 0 Å². The van der Waals surface area contributed by atoms with Gasteiger partial charge < -0.3 is 70.3 Å². The van der Waals surface area contributed by atoms with Gasteiger partial charge in [-0.25, -0.2) is 10.0 Å². The van der Waals surface area contributed by atoms with Crippen molar-refractivity contribution in [3.8, 4) is 0 Å². The van der Waals surface area contributed by atoms with Gasteiger partial charge in [0.1, 0.15) is 0 Å². The molecular weight excluding hydrogens is 469 g/mol. The molecule has 0 aliphatic carbocycles. The third-order valence-corrected chi connectivity index (χ3v) is 4.62. The summed E-state index contributed by atoms with van der Waals surface area (Å²) in [5.41, 5.74) is 0. The zero-order valence-corrected chi connectivity index (χ0v) is 21.1. The summed E-state index contributed by atoms with van der Waals surface area (Å²) >= 11 is 19.5. The molecule has 0 aromatic rings. The summed E-state index contributed by atoms with van der Waals surface area (Å²) in [4.78, 5) is 0. The number of hydrazine groups is 2. The van der Waals surface area contributed by atoms with Gasteiger partial charge in [-0.15, -0.1) is 0 Å². The van der Waals surface area contributed by atoms with Crippen LogP contribution in [0.25, 0.3) is 0 Å². The molecule has 0 aromatic heterocycles. The van der Waals surface area contributed by atoms with Crippen molar-refractivity contribution in [3.05, 3.63) is 0 Å². The average Bonchev–Trinajstić information content (AvgIpc) is 2.55. The van der Waals surface area contributed by atoms with Gasteiger partial charge in [0.15, 0.2) is 0 Å². The Balaban J connectivity index is 0.000000403. The van der Waals surface area contributed by atoms with E-state index in [0.29, 0.717) is 8.64 Å². The minimum atomic E-state index is 0. The molecule has 2 heterocycles. The average molecular weight is 493 g/mol. The van der Waals surface area contributed by atoms with Crippen molar-refractivity contribution in [2.75, 3.05) is 66.5 Å². The molecular formula is C12H24CdN6S4. The summed E-state index contributed by atoms with van der Waals surface area (Å²) in [6.07, 6.45) is 0. The van der Waals surface area contributed by atoms with E-state index < -0.39 is 0 Å². The van der Waals surface area contributed by atoms with E-state index in [0.717, 1.165) is 52.4 Å². The second-order valence-corrected chi connectivity index (χ2v) is 7.05. The first-order valence-electron chi connectivity index (χ1n) is 7.24. The standard InChI is InChI=1S/2C6H13N3S2.Cd/c2*1-8(6(10)11)9-4-2-7-3-5-9;/h2*7H,2-5H2,1H3,(H,10,11);/q;;+2/p-2. The Morgan fingerprint density at radius 1 is 0.783 bits per heavy atom. The Morgan fingerprint density at radius 3 is 1.26 bits per heavy atom. The van der Waals surface area contributed by atoms with Gasteiger partial charge in [0, 0.05) is 66.5 Å². The molecule has 2 N–H and O–H groups in total. The predicted octanol–water partition coefficient (Wildman–Crippen LogP) is -0.862. The van der Waals surface area contributed by atoms with Crippen LogP contribution < -0.4 is 10.6 Å². The molecule has 2 aliphatic heterocycles. The van der Waals surface area contributed by atoms with E-state index in [2.05, 4.69) is 20.7 Å². The van der Waals surface area contributed by atoms with Crippen LogP contribution in [0, 0.1) is 0 Å². The summed E-state index contributed by atoms with van der Waals surface area (Å²) in [5, 5.41) is 14.6. The first kappa shape index (κ1) is 24.0. The normalized spacial score (nSPS) is 18.9. The molecule has 2 saturated heterocycles. The molecule has 0 atom stereocenters. The van der Waals surface area contributed by atoms with Gasteiger partial charge in [-0.3, -0.25) is 0 Å². The van der Waals surface area contributed by atoms with Crippen molar-refractivity contribution >= 4 is 58.3 Å². The van der Waals surface area contributed by atoms with Gasteiger partial charge in [-0.05, 0) is 8.64 Å². The second-order valence-electron chi connectivity index (χ2n) is 4.99. The van der Waals surface area contributed by atoms with Crippen LogP contribution in [0.5, 0.6) is 0 Å². The maximum absolute atomic E-state index is 4.88. The van der Waals surface area contributed by atoms with Crippen LogP contribution in [-0.4, -0.2) is 95.1 Å². The van der Waals surface area contributed by atoms with E-state index in [1.807, 2.05) is 24.1 Å². The third-order valence-electron chi connectivity index (χ3n) is 3.56. The van der Waals surface area contributed by atoms with E-state index >= 15 is 0 Å². The number of thiocarbonyl (C=S) groups is 2. The van der Waals surface area contributed by atoms with E-state index in [-0.39, 0.29) is 27.3 Å². The fraction of sp³-hybridized carbons (Fsp3) is 0.833. The summed E-state index contributed by atoms with van der Waals surface area (Å²) in [5.74, 6) is 0. The van der Waals surface area contributed by atoms with Crippen molar-refractivity contribution in [2.45, 2.75) is 0 Å². The fourth-order valence-corrected chi connectivity index (χ4v) is 2.60. The second kappa shape index (κ2) is 13.2. The van der Waals surface area contributed by atoms with Crippen LogP contribution in [-0.2, 0) is 52.6 Å². The van der Waals surface area contributed by atoms with Crippen LogP contribution in [0.3, 0.4) is 0 Å². The molecule has 0 amide bonds.